The Morgan fingerprint density at radius 1 is 1.20 bits per heavy atom. The van der Waals surface area contributed by atoms with Gasteiger partial charge in [0.2, 0.25) is 0 Å². The highest BCUT2D eigenvalue weighted by Gasteiger charge is 2.29. The summed E-state index contributed by atoms with van der Waals surface area (Å²) < 4.78 is 38.0. The normalized spacial score (nSPS) is 18.0. The molecule has 1 aliphatic rings. The number of nitrogens with one attached hydrogen (secondary N) is 2. The zero-order valence-electron chi connectivity index (χ0n) is 16.9. The highest BCUT2D eigenvalue weighted by Crippen LogP contribution is 2.29. The summed E-state index contributed by atoms with van der Waals surface area (Å²) in [6.45, 7) is 4.45. The van der Waals surface area contributed by atoms with Crippen molar-refractivity contribution < 1.29 is 13.2 Å². The molecular weight excluding hydrogens is 524 g/mol. The number of hydrogen-bond donors (Lipinski definition) is 2. The molecule has 1 saturated heterocycles. The van der Waals surface area contributed by atoms with E-state index >= 15 is 0 Å². The van der Waals surface area contributed by atoms with Crippen molar-refractivity contribution in [3.8, 4) is 0 Å². The molecule has 1 aromatic heterocycles. The molecule has 1 atom stereocenters. The molecule has 2 aromatic rings. The summed E-state index contributed by atoms with van der Waals surface area (Å²) in [7, 11) is 1.70. The number of piperidine rings is 1. The third-order valence-electron chi connectivity index (χ3n) is 5.09. The van der Waals surface area contributed by atoms with E-state index in [0.717, 1.165) is 43.9 Å². The molecular formula is C21H28F3IN4S. The number of alkyl halides is 3. The topological polar surface area (TPSA) is 39.7 Å². The lowest BCUT2D eigenvalue weighted by Gasteiger charge is -2.32. The number of aliphatic imine (C=N–C) groups is 1. The number of nitrogens with zero attached hydrogens (tertiary/aromatic N) is 2. The maximum absolute atomic E-state index is 12.7. The molecule has 2 N–H and O–H groups in total. The zero-order valence-corrected chi connectivity index (χ0v) is 20.1. The first kappa shape index (κ1) is 24.9. The van der Waals surface area contributed by atoms with Crippen molar-refractivity contribution in [2.75, 3.05) is 26.7 Å². The fraction of sp³-hybridized carbons (Fsp3) is 0.476. The number of halogens is 4. The zero-order chi connectivity index (χ0) is 20.7. The van der Waals surface area contributed by atoms with E-state index in [9.17, 15) is 13.2 Å². The SMILES string of the molecule is CN=C(NCc1ccc(C(F)(F)F)cc1)NCC1CCCN(Cc2cccs2)C1.I. The van der Waals surface area contributed by atoms with E-state index in [0.29, 0.717) is 18.4 Å². The quantitative estimate of drug-likeness (QED) is 0.303. The van der Waals surface area contributed by atoms with Crippen LogP contribution in [-0.4, -0.2) is 37.5 Å². The van der Waals surface area contributed by atoms with Crippen LogP contribution in [0.2, 0.25) is 0 Å². The highest BCUT2D eigenvalue weighted by molar-refractivity contribution is 14.0. The molecule has 0 amide bonds. The van der Waals surface area contributed by atoms with Crippen molar-refractivity contribution in [3.05, 3.63) is 57.8 Å². The minimum atomic E-state index is -4.30. The average molecular weight is 552 g/mol. The molecule has 166 valence electrons. The largest absolute Gasteiger partial charge is 0.416 e. The predicted octanol–water partition coefficient (Wildman–Crippen LogP) is 4.96. The lowest BCUT2D eigenvalue weighted by atomic mass is 9.98. The number of thiophene rings is 1. The Kier molecular flexibility index (Phi) is 9.89. The number of rotatable bonds is 6. The van der Waals surface area contributed by atoms with E-state index in [1.807, 2.05) is 0 Å². The summed E-state index contributed by atoms with van der Waals surface area (Å²) in [6, 6.07) is 9.48. The van der Waals surface area contributed by atoms with Crippen LogP contribution in [-0.2, 0) is 19.3 Å². The molecule has 1 fully saturated rings. The van der Waals surface area contributed by atoms with Crippen LogP contribution >= 0.6 is 35.3 Å². The molecule has 9 heteroatoms. The van der Waals surface area contributed by atoms with E-state index in [-0.39, 0.29) is 24.0 Å². The van der Waals surface area contributed by atoms with E-state index in [4.69, 9.17) is 0 Å². The predicted molar refractivity (Wildman–Crippen MR) is 127 cm³/mol. The second kappa shape index (κ2) is 11.9. The van der Waals surface area contributed by atoms with Gasteiger partial charge in [-0.2, -0.15) is 13.2 Å². The number of hydrogen-bond acceptors (Lipinski definition) is 3. The molecule has 1 aromatic carbocycles. The van der Waals surface area contributed by atoms with Gasteiger partial charge in [-0.05, 0) is 54.4 Å². The van der Waals surface area contributed by atoms with Crippen molar-refractivity contribution in [1.29, 1.82) is 0 Å². The van der Waals surface area contributed by atoms with Crippen molar-refractivity contribution in [1.82, 2.24) is 15.5 Å². The number of guanidine groups is 1. The van der Waals surface area contributed by atoms with E-state index < -0.39 is 11.7 Å². The lowest BCUT2D eigenvalue weighted by molar-refractivity contribution is -0.137. The maximum Gasteiger partial charge on any atom is 0.416 e. The van der Waals surface area contributed by atoms with Crippen LogP contribution in [0.4, 0.5) is 13.2 Å². The van der Waals surface area contributed by atoms with Gasteiger partial charge in [-0.25, -0.2) is 0 Å². The van der Waals surface area contributed by atoms with Crippen molar-refractivity contribution >= 4 is 41.3 Å². The van der Waals surface area contributed by atoms with Gasteiger partial charge < -0.3 is 10.6 Å². The third-order valence-corrected chi connectivity index (χ3v) is 5.95. The van der Waals surface area contributed by atoms with Gasteiger partial charge in [-0.3, -0.25) is 9.89 Å². The summed E-state index contributed by atoms with van der Waals surface area (Å²) in [5.74, 6) is 1.22. The van der Waals surface area contributed by atoms with E-state index in [2.05, 4.69) is 38.0 Å². The van der Waals surface area contributed by atoms with Crippen molar-refractivity contribution in [3.63, 3.8) is 0 Å². The van der Waals surface area contributed by atoms with Gasteiger partial charge in [0.15, 0.2) is 5.96 Å². The van der Waals surface area contributed by atoms with Crippen molar-refractivity contribution in [2.45, 2.75) is 32.1 Å². The van der Waals surface area contributed by atoms with Crippen LogP contribution in [0, 0.1) is 5.92 Å². The molecule has 0 radical (unpaired) electrons. The summed E-state index contributed by atoms with van der Waals surface area (Å²) in [6.07, 6.45) is -1.93. The summed E-state index contributed by atoms with van der Waals surface area (Å²) >= 11 is 1.80. The summed E-state index contributed by atoms with van der Waals surface area (Å²) in [5, 5.41) is 8.65. The van der Waals surface area contributed by atoms with Gasteiger partial charge in [-0.15, -0.1) is 35.3 Å². The Morgan fingerprint density at radius 3 is 2.60 bits per heavy atom. The lowest BCUT2D eigenvalue weighted by Crippen LogP contribution is -2.44. The van der Waals surface area contributed by atoms with Crippen molar-refractivity contribution in [2.24, 2.45) is 10.9 Å². The van der Waals surface area contributed by atoms with Gasteiger partial charge >= 0.3 is 6.18 Å². The molecule has 0 aliphatic carbocycles. The second-order valence-corrected chi connectivity index (χ2v) is 8.36. The first-order valence-electron chi connectivity index (χ1n) is 9.79. The molecule has 0 spiro atoms. The summed E-state index contributed by atoms with van der Waals surface area (Å²) in [4.78, 5) is 8.12. The standard InChI is InChI=1S/C21H27F3N4S.HI/c1-25-20(26-12-16-6-8-18(9-7-16)21(22,23)24)27-13-17-4-2-10-28(14-17)15-19-5-3-11-29-19;/h3,5-9,11,17H,2,4,10,12-15H2,1H3,(H2,25,26,27);1H. The minimum absolute atomic E-state index is 0. The Balaban J connectivity index is 0.00000320. The van der Waals surface area contributed by atoms with Crippen LogP contribution in [0.1, 0.15) is 28.8 Å². The van der Waals surface area contributed by atoms with E-state index in [1.165, 1.54) is 29.9 Å². The van der Waals surface area contributed by atoms with Gasteiger partial charge in [-0.1, -0.05) is 18.2 Å². The van der Waals surface area contributed by atoms with Gasteiger partial charge in [0.25, 0.3) is 0 Å². The molecule has 1 unspecified atom stereocenters. The Labute approximate surface area is 197 Å². The van der Waals surface area contributed by atoms with Gasteiger partial charge in [0.1, 0.15) is 0 Å². The fourth-order valence-electron chi connectivity index (χ4n) is 3.54. The number of benzene rings is 1. The van der Waals surface area contributed by atoms with Crippen LogP contribution < -0.4 is 10.6 Å². The van der Waals surface area contributed by atoms with Crippen LogP contribution in [0.15, 0.2) is 46.8 Å². The van der Waals surface area contributed by atoms with Crippen LogP contribution in [0.25, 0.3) is 0 Å². The molecule has 0 saturated carbocycles. The molecule has 2 heterocycles. The Morgan fingerprint density at radius 2 is 1.97 bits per heavy atom. The average Bonchev–Trinajstić information content (AvgIpc) is 3.21. The Bertz CT molecular complexity index is 779. The molecule has 1 aliphatic heterocycles. The first-order chi connectivity index (χ1) is 13.9. The van der Waals surface area contributed by atoms with Crippen LogP contribution in [0.5, 0.6) is 0 Å². The summed E-state index contributed by atoms with van der Waals surface area (Å²) in [5.41, 5.74) is 0.147. The molecule has 3 rings (SSSR count). The smallest absolute Gasteiger partial charge is 0.356 e. The minimum Gasteiger partial charge on any atom is -0.356 e. The maximum atomic E-state index is 12.7. The number of likely N-dealkylation sites (tertiary alicyclic amines) is 1. The fourth-order valence-corrected chi connectivity index (χ4v) is 4.29. The van der Waals surface area contributed by atoms with Crippen LogP contribution in [0.3, 0.4) is 0 Å². The van der Waals surface area contributed by atoms with E-state index in [1.54, 1.807) is 18.4 Å². The van der Waals surface area contributed by atoms with Gasteiger partial charge in [0, 0.05) is 38.1 Å². The Hall–Kier alpha value is -1.33. The molecule has 4 nitrogen and oxygen atoms in total. The molecule has 30 heavy (non-hydrogen) atoms. The highest BCUT2D eigenvalue weighted by atomic mass is 127. The monoisotopic (exact) mass is 552 g/mol. The van der Waals surface area contributed by atoms with Gasteiger partial charge in [0.05, 0.1) is 5.56 Å². The molecule has 0 bridgehead atoms. The third kappa shape index (κ3) is 7.73. The first-order valence-corrected chi connectivity index (χ1v) is 10.7. The second-order valence-electron chi connectivity index (χ2n) is 7.32.